The molecule has 1 atom stereocenters. The lowest BCUT2D eigenvalue weighted by Gasteiger charge is -2.32. The first-order chi connectivity index (χ1) is 20.8. The molecule has 232 valence electrons. The molecule has 3 aliphatic rings. The summed E-state index contributed by atoms with van der Waals surface area (Å²) in [6.07, 6.45) is 8.69. The molecule has 1 aliphatic heterocycles. The van der Waals surface area contributed by atoms with Gasteiger partial charge in [-0.3, -0.25) is 0 Å². The zero-order valence-corrected chi connectivity index (χ0v) is 25.9. The minimum Gasteiger partial charge on any atom is -0.464 e. The van der Waals surface area contributed by atoms with E-state index in [1.807, 2.05) is 31.2 Å². The van der Waals surface area contributed by atoms with Gasteiger partial charge < -0.3 is 30.2 Å². The topological polar surface area (TPSA) is 130 Å². The van der Waals surface area contributed by atoms with E-state index in [2.05, 4.69) is 33.9 Å². The van der Waals surface area contributed by atoms with Crippen LogP contribution in [0.4, 0.5) is 11.6 Å². The molecule has 3 heterocycles. The molecular formula is C32H43ClN6O4. The van der Waals surface area contributed by atoms with Gasteiger partial charge in [-0.15, -0.1) is 0 Å². The minimum absolute atomic E-state index is 0.154. The summed E-state index contributed by atoms with van der Waals surface area (Å²) in [6, 6.07) is 11.1. The van der Waals surface area contributed by atoms with Gasteiger partial charge in [0.15, 0.2) is 5.60 Å². The lowest BCUT2D eigenvalue weighted by atomic mass is 9.82. The SMILES string of the molecule is CCOC(=O)C1(OC[C@@H](C)N[C@H]2CC[C@H](Nc3cc(-c4cccc(NCC5(C#N)CCOCC5)n4)c(Cl)cn3)CC2)CC1. The van der Waals surface area contributed by atoms with Gasteiger partial charge in [0.25, 0.3) is 0 Å². The molecule has 43 heavy (non-hydrogen) atoms. The van der Waals surface area contributed by atoms with Crippen molar-refractivity contribution in [2.45, 2.75) is 88.9 Å². The molecule has 1 saturated heterocycles. The van der Waals surface area contributed by atoms with Gasteiger partial charge >= 0.3 is 5.97 Å². The molecular weight excluding hydrogens is 568 g/mol. The third kappa shape index (κ3) is 8.15. The van der Waals surface area contributed by atoms with Gasteiger partial charge in [-0.2, -0.15) is 5.26 Å². The number of nitriles is 1. The van der Waals surface area contributed by atoms with Gasteiger partial charge in [0.05, 0.1) is 35.4 Å². The Hall–Kier alpha value is -2.97. The first-order valence-electron chi connectivity index (χ1n) is 15.5. The number of esters is 1. The molecule has 11 heteroatoms. The lowest BCUT2D eigenvalue weighted by Crippen LogP contribution is -2.44. The van der Waals surface area contributed by atoms with Gasteiger partial charge in [0, 0.05) is 49.6 Å². The van der Waals surface area contributed by atoms with Crippen LogP contribution in [0, 0.1) is 16.7 Å². The standard InChI is InChI=1S/C32H43ClN6O4/c1-3-42-30(40)32(11-12-32)43-19-22(2)37-23-7-9-24(10-8-23)38-29-17-25(26(33)18-35-29)27-5-4-6-28(39-27)36-21-31(20-34)13-15-41-16-14-31/h4-6,17-18,22-24,37H,3,7-16,19,21H2,1-2H3,(H,35,38)(H,36,39)/t22-,23-,24-/m1/s1. The van der Waals surface area contributed by atoms with E-state index >= 15 is 0 Å². The zero-order chi connectivity index (χ0) is 30.3. The van der Waals surface area contributed by atoms with Gasteiger partial charge in [-0.25, -0.2) is 14.8 Å². The number of hydrogen-bond donors (Lipinski definition) is 3. The number of carbonyl (C=O) groups is 1. The van der Waals surface area contributed by atoms with Gasteiger partial charge in [0.1, 0.15) is 11.6 Å². The number of hydrogen-bond acceptors (Lipinski definition) is 10. The van der Waals surface area contributed by atoms with Gasteiger partial charge in [-0.05, 0) is 83.4 Å². The molecule has 0 unspecified atom stereocenters. The van der Waals surface area contributed by atoms with Crippen LogP contribution in [0.15, 0.2) is 30.5 Å². The summed E-state index contributed by atoms with van der Waals surface area (Å²) in [5.41, 5.74) is 0.407. The van der Waals surface area contributed by atoms with Crippen molar-refractivity contribution in [2.24, 2.45) is 5.41 Å². The number of ether oxygens (including phenoxy) is 3. The third-order valence-electron chi connectivity index (χ3n) is 8.74. The monoisotopic (exact) mass is 610 g/mol. The van der Waals surface area contributed by atoms with Crippen molar-refractivity contribution < 1.29 is 19.0 Å². The predicted octanol–water partition coefficient (Wildman–Crippen LogP) is 5.34. The number of carbonyl (C=O) groups excluding carboxylic acids is 1. The number of rotatable bonds is 13. The summed E-state index contributed by atoms with van der Waals surface area (Å²) in [5.74, 6) is 1.25. The van der Waals surface area contributed by atoms with Gasteiger partial charge in [0.2, 0.25) is 0 Å². The molecule has 10 nitrogen and oxygen atoms in total. The molecule has 3 N–H and O–H groups in total. The maximum Gasteiger partial charge on any atom is 0.338 e. The molecule has 0 radical (unpaired) electrons. The van der Waals surface area contributed by atoms with Gasteiger partial charge in [-0.1, -0.05) is 17.7 Å². The highest BCUT2D eigenvalue weighted by molar-refractivity contribution is 6.33. The average Bonchev–Trinajstić information content (AvgIpc) is 3.83. The van der Waals surface area contributed by atoms with Crippen molar-refractivity contribution in [1.29, 1.82) is 5.26 Å². The Labute approximate surface area is 259 Å². The van der Waals surface area contributed by atoms with Crippen LogP contribution < -0.4 is 16.0 Å². The Bertz CT molecular complexity index is 1280. The summed E-state index contributed by atoms with van der Waals surface area (Å²) in [6.45, 7) is 6.54. The van der Waals surface area contributed by atoms with Crippen LogP contribution in [0.3, 0.4) is 0 Å². The number of halogens is 1. The summed E-state index contributed by atoms with van der Waals surface area (Å²) in [5, 5.41) is 20.9. The minimum atomic E-state index is -0.712. The fourth-order valence-corrected chi connectivity index (χ4v) is 6.08. The van der Waals surface area contributed by atoms with E-state index in [1.54, 1.807) is 6.20 Å². The predicted molar refractivity (Wildman–Crippen MR) is 166 cm³/mol. The second kappa shape index (κ2) is 14.2. The van der Waals surface area contributed by atoms with Crippen LogP contribution in [0.2, 0.25) is 5.02 Å². The first-order valence-corrected chi connectivity index (χ1v) is 15.9. The second-order valence-corrected chi connectivity index (χ2v) is 12.5. The van der Waals surface area contributed by atoms with E-state index in [0.29, 0.717) is 68.7 Å². The smallest absolute Gasteiger partial charge is 0.338 e. The van der Waals surface area contributed by atoms with E-state index in [1.165, 1.54) is 0 Å². The summed E-state index contributed by atoms with van der Waals surface area (Å²) < 4.78 is 16.6. The molecule has 2 aromatic heterocycles. The fourth-order valence-electron chi connectivity index (χ4n) is 5.88. The molecule has 0 spiro atoms. The third-order valence-corrected chi connectivity index (χ3v) is 9.04. The van der Waals surface area contributed by atoms with Crippen molar-refractivity contribution in [1.82, 2.24) is 15.3 Å². The maximum atomic E-state index is 12.1. The maximum absolute atomic E-state index is 12.1. The van der Waals surface area contributed by atoms with Crippen LogP contribution in [0.1, 0.15) is 65.2 Å². The Morgan fingerprint density at radius 1 is 1.16 bits per heavy atom. The van der Waals surface area contributed by atoms with Crippen LogP contribution in [0.5, 0.6) is 0 Å². The van der Waals surface area contributed by atoms with Crippen molar-refractivity contribution in [3.63, 3.8) is 0 Å². The van der Waals surface area contributed by atoms with E-state index in [4.69, 9.17) is 30.8 Å². The fraction of sp³-hybridized carbons (Fsp3) is 0.625. The van der Waals surface area contributed by atoms with Crippen molar-refractivity contribution in [3.05, 3.63) is 35.5 Å². The van der Waals surface area contributed by atoms with Crippen LogP contribution in [-0.4, -0.2) is 72.6 Å². The largest absolute Gasteiger partial charge is 0.464 e. The zero-order valence-electron chi connectivity index (χ0n) is 25.2. The van der Waals surface area contributed by atoms with E-state index in [0.717, 1.165) is 55.6 Å². The van der Waals surface area contributed by atoms with E-state index in [-0.39, 0.29) is 12.0 Å². The molecule has 5 rings (SSSR count). The molecule has 2 aliphatic carbocycles. The molecule has 0 aromatic carbocycles. The number of anilines is 2. The van der Waals surface area contributed by atoms with Crippen LogP contribution >= 0.6 is 11.6 Å². The molecule has 2 aromatic rings. The molecule has 2 saturated carbocycles. The molecule has 0 bridgehead atoms. The Balaban J connectivity index is 1.11. The van der Waals surface area contributed by atoms with Crippen molar-refractivity contribution in [2.75, 3.05) is 43.6 Å². The Morgan fingerprint density at radius 3 is 2.60 bits per heavy atom. The Kier molecular flexibility index (Phi) is 10.4. The molecule has 3 fully saturated rings. The highest BCUT2D eigenvalue weighted by Crippen LogP contribution is 2.41. The van der Waals surface area contributed by atoms with E-state index < -0.39 is 11.0 Å². The number of aromatic nitrogens is 2. The normalized spacial score (nSPS) is 23.0. The summed E-state index contributed by atoms with van der Waals surface area (Å²) in [4.78, 5) is 21.5. The van der Waals surface area contributed by atoms with Crippen molar-refractivity contribution >= 4 is 29.2 Å². The van der Waals surface area contributed by atoms with Crippen molar-refractivity contribution in [3.8, 4) is 17.3 Å². The number of pyridine rings is 2. The second-order valence-electron chi connectivity index (χ2n) is 12.1. The highest BCUT2D eigenvalue weighted by atomic mass is 35.5. The number of nitrogens with one attached hydrogen (secondary N) is 3. The van der Waals surface area contributed by atoms with Crippen LogP contribution in [-0.2, 0) is 19.0 Å². The van der Waals surface area contributed by atoms with E-state index in [9.17, 15) is 10.1 Å². The lowest BCUT2D eigenvalue weighted by molar-refractivity contribution is -0.160. The highest BCUT2D eigenvalue weighted by Gasteiger charge is 2.53. The number of nitrogens with zero attached hydrogens (tertiary/aromatic N) is 3. The Morgan fingerprint density at radius 2 is 1.91 bits per heavy atom. The summed E-state index contributed by atoms with van der Waals surface area (Å²) >= 11 is 6.58. The summed E-state index contributed by atoms with van der Waals surface area (Å²) in [7, 11) is 0. The first kappa shape index (κ1) is 31.5. The molecule has 0 amide bonds. The average molecular weight is 611 g/mol. The quantitative estimate of drug-likeness (QED) is 0.255. The van der Waals surface area contributed by atoms with Crippen LogP contribution in [0.25, 0.3) is 11.3 Å².